The lowest BCUT2D eigenvalue weighted by Gasteiger charge is -2.12. The van der Waals surface area contributed by atoms with Crippen molar-refractivity contribution < 1.29 is 23.5 Å². The zero-order chi connectivity index (χ0) is 24.2. The Balaban J connectivity index is 1.61. The van der Waals surface area contributed by atoms with Gasteiger partial charge in [-0.1, -0.05) is 6.07 Å². The summed E-state index contributed by atoms with van der Waals surface area (Å²) in [6.07, 6.45) is 1.72. The summed E-state index contributed by atoms with van der Waals surface area (Å²) in [6, 6.07) is 16.3. The maximum Gasteiger partial charge on any atom is 0.337 e. The number of nitrogens with zero attached hydrogens (tertiary/aromatic N) is 2. The average molecular weight is 477 g/mol. The predicted molar refractivity (Wildman–Crippen MR) is 133 cm³/mol. The van der Waals surface area contributed by atoms with Crippen molar-refractivity contribution in [2.75, 3.05) is 20.8 Å². The summed E-state index contributed by atoms with van der Waals surface area (Å²) in [5.74, 6) is 1.35. The lowest BCUT2D eigenvalue weighted by Crippen LogP contribution is -2.28. The zero-order valence-electron chi connectivity index (χ0n) is 19.3. The number of methoxy groups -OCH3 is 2. The summed E-state index contributed by atoms with van der Waals surface area (Å²) < 4.78 is 16.0. The quantitative estimate of drug-likeness (QED) is 0.337. The molecular weight excluding hydrogens is 452 g/mol. The summed E-state index contributed by atoms with van der Waals surface area (Å²) in [5.41, 5.74) is 2.92. The van der Waals surface area contributed by atoms with Gasteiger partial charge in [-0.15, -0.1) is 0 Å². The van der Waals surface area contributed by atoms with E-state index in [9.17, 15) is 9.59 Å². The third kappa shape index (κ3) is 4.77. The van der Waals surface area contributed by atoms with Crippen LogP contribution >= 0.6 is 11.8 Å². The number of esters is 1. The minimum absolute atomic E-state index is 0.124. The highest BCUT2D eigenvalue weighted by Crippen LogP contribution is 2.35. The Morgan fingerprint density at radius 2 is 1.88 bits per heavy atom. The average Bonchev–Trinajstić information content (AvgIpc) is 3.43. The van der Waals surface area contributed by atoms with Gasteiger partial charge in [0, 0.05) is 18.2 Å². The fourth-order valence-corrected chi connectivity index (χ4v) is 4.52. The number of benzene rings is 2. The highest BCUT2D eigenvalue weighted by atomic mass is 32.2. The minimum atomic E-state index is -0.411. The van der Waals surface area contributed by atoms with Crippen LogP contribution in [0.1, 0.15) is 28.6 Å². The topological polar surface area (TPSA) is 81.3 Å². The molecule has 2 aromatic carbocycles. The molecule has 1 fully saturated rings. The highest BCUT2D eigenvalue weighted by Gasteiger charge is 2.32. The molecule has 0 spiro atoms. The smallest absolute Gasteiger partial charge is 0.337 e. The maximum absolute atomic E-state index is 13.0. The number of hydrogen-bond acceptors (Lipinski definition) is 7. The van der Waals surface area contributed by atoms with Gasteiger partial charge < -0.3 is 13.9 Å². The minimum Gasteiger partial charge on any atom is -0.497 e. The van der Waals surface area contributed by atoms with Crippen molar-refractivity contribution >= 4 is 40.6 Å². The van der Waals surface area contributed by atoms with Crippen molar-refractivity contribution in [3.8, 4) is 17.1 Å². The molecule has 3 aromatic rings. The van der Waals surface area contributed by atoms with E-state index in [0.717, 1.165) is 22.6 Å². The summed E-state index contributed by atoms with van der Waals surface area (Å²) in [6.45, 7) is 4.35. The highest BCUT2D eigenvalue weighted by molar-refractivity contribution is 8.18. The lowest BCUT2D eigenvalue weighted by molar-refractivity contribution is -0.122. The van der Waals surface area contributed by atoms with Gasteiger partial charge in [0.05, 0.1) is 30.4 Å². The number of aryl methyl sites for hydroxylation is 1. The van der Waals surface area contributed by atoms with Crippen LogP contribution in [-0.2, 0) is 9.53 Å². The van der Waals surface area contributed by atoms with Crippen LogP contribution in [0.4, 0.5) is 5.69 Å². The van der Waals surface area contributed by atoms with Crippen molar-refractivity contribution in [3.63, 3.8) is 0 Å². The second-order valence-corrected chi connectivity index (χ2v) is 8.48. The Morgan fingerprint density at radius 1 is 1.12 bits per heavy atom. The summed E-state index contributed by atoms with van der Waals surface area (Å²) in [7, 11) is 2.96. The molecule has 0 aliphatic carbocycles. The molecule has 0 radical (unpaired) electrons. The Bertz CT molecular complexity index is 1290. The monoisotopic (exact) mass is 476 g/mol. The van der Waals surface area contributed by atoms with E-state index in [1.807, 2.05) is 50.2 Å². The fourth-order valence-electron chi connectivity index (χ4n) is 3.47. The SMILES string of the molecule is CCN1C(=O)/C(=C\c2ccc(-c3cc(C(=O)OC)ccc3C)o2)SC1=Nc1ccc(OC)cc1. The largest absolute Gasteiger partial charge is 0.497 e. The molecule has 0 bridgehead atoms. The number of hydrogen-bond donors (Lipinski definition) is 0. The number of carbonyl (C=O) groups is 2. The first kappa shape index (κ1) is 23.4. The number of furan rings is 1. The predicted octanol–water partition coefficient (Wildman–Crippen LogP) is 5.67. The van der Waals surface area contributed by atoms with Crippen molar-refractivity contribution in [3.05, 3.63) is 76.4 Å². The van der Waals surface area contributed by atoms with Crippen LogP contribution < -0.4 is 4.74 Å². The van der Waals surface area contributed by atoms with Crippen molar-refractivity contribution in [1.29, 1.82) is 0 Å². The molecule has 1 aliphatic rings. The van der Waals surface area contributed by atoms with E-state index < -0.39 is 5.97 Å². The molecule has 0 saturated carbocycles. The first-order chi connectivity index (χ1) is 16.4. The molecule has 8 heteroatoms. The molecule has 0 unspecified atom stereocenters. The molecule has 34 heavy (non-hydrogen) atoms. The molecule has 1 aromatic heterocycles. The summed E-state index contributed by atoms with van der Waals surface area (Å²) >= 11 is 1.30. The van der Waals surface area contributed by atoms with Gasteiger partial charge in [-0.2, -0.15) is 0 Å². The first-order valence-electron chi connectivity index (χ1n) is 10.7. The van der Waals surface area contributed by atoms with Crippen LogP contribution in [0.25, 0.3) is 17.4 Å². The van der Waals surface area contributed by atoms with Crippen molar-refractivity contribution in [2.45, 2.75) is 13.8 Å². The molecule has 1 aliphatic heterocycles. The molecule has 0 N–H and O–H groups in total. The molecule has 174 valence electrons. The normalized spacial score (nSPS) is 15.9. The molecule has 1 amide bonds. The number of amidine groups is 1. The first-order valence-corrected chi connectivity index (χ1v) is 11.5. The number of carbonyl (C=O) groups excluding carboxylic acids is 2. The van der Waals surface area contributed by atoms with Crippen LogP contribution in [0, 0.1) is 6.92 Å². The van der Waals surface area contributed by atoms with E-state index in [0.29, 0.717) is 33.7 Å². The van der Waals surface area contributed by atoms with E-state index in [1.165, 1.54) is 18.9 Å². The molecule has 1 saturated heterocycles. The Kier molecular flexibility index (Phi) is 6.88. The standard InChI is InChI=1S/C26H24N2O5S/c1-5-28-24(29)23(34-26(28)27-18-8-10-19(31-3)11-9-18)15-20-12-13-22(33-20)21-14-17(25(30)32-4)7-6-16(21)2/h6-15H,5H2,1-4H3/b23-15+,27-26?. The molecular formula is C26H24N2O5S. The second-order valence-electron chi connectivity index (χ2n) is 7.48. The van der Waals surface area contributed by atoms with Gasteiger partial charge >= 0.3 is 5.97 Å². The second kappa shape index (κ2) is 10.0. The van der Waals surface area contributed by atoms with E-state index >= 15 is 0 Å². The number of thioether (sulfide) groups is 1. The summed E-state index contributed by atoms with van der Waals surface area (Å²) in [4.78, 5) is 31.7. The van der Waals surface area contributed by atoms with Crippen LogP contribution in [0.2, 0.25) is 0 Å². The molecule has 2 heterocycles. The van der Waals surface area contributed by atoms with E-state index in [1.54, 1.807) is 36.3 Å². The van der Waals surface area contributed by atoms with Crippen molar-refractivity contribution in [2.24, 2.45) is 4.99 Å². The van der Waals surface area contributed by atoms with Crippen molar-refractivity contribution in [1.82, 2.24) is 4.90 Å². The Morgan fingerprint density at radius 3 is 2.56 bits per heavy atom. The number of ether oxygens (including phenoxy) is 2. The van der Waals surface area contributed by atoms with Gasteiger partial charge in [-0.05, 0) is 79.7 Å². The van der Waals surface area contributed by atoms with Gasteiger partial charge in [0.25, 0.3) is 5.91 Å². The van der Waals surface area contributed by atoms with Gasteiger partial charge in [-0.25, -0.2) is 9.79 Å². The number of likely N-dealkylation sites (N-methyl/N-ethyl adjacent to an activating group) is 1. The number of rotatable bonds is 6. The van der Waals surface area contributed by atoms with E-state index in [4.69, 9.17) is 13.9 Å². The lowest BCUT2D eigenvalue weighted by atomic mass is 10.0. The molecule has 7 nitrogen and oxygen atoms in total. The van der Waals surface area contributed by atoms with E-state index in [2.05, 4.69) is 4.99 Å². The van der Waals surface area contributed by atoms with Gasteiger partial charge in [0.1, 0.15) is 17.3 Å². The number of amides is 1. The van der Waals surface area contributed by atoms with Crippen LogP contribution in [-0.4, -0.2) is 42.7 Å². The molecule has 4 rings (SSSR count). The zero-order valence-corrected chi connectivity index (χ0v) is 20.1. The third-order valence-corrected chi connectivity index (χ3v) is 6.33. The molecule has 0 atom stereocenters. The fraction of sp³-hybridized carbons (Fsp3) is 0.192. The van der Waals surface area contributed by atoms with Crippen LogP contribution in [0.3, 0.4) is 0 Å². The number of aliphatic imine (C=N–C) groups is 1. The maximum atomic E-state index is 13.0. The van der Waals surface area contributed by atoms with Gasteiger partial charge in [-0.3, -0.25) is 9.69 Å². The van der Waals surface area contributed by atoms with Crippen LogP contribution in [0.15, 0.2) is 68.9 Å². The Labute approximate surface area is 202 Å². The third-order valence-electron chi connectivity index (χ3n) is 5.33. The van der Waals surface area contributed by atoms with Gasteiger partial charge in [0.2, 0.25) is 0 Å². The van der Waals surface area contributed by atoms with Crippen LogP contribution in [0.5, 0.6) is 5.75 Å². The van der Waals surface area contributed by atoms with Gasteiger partial charge in [0.15, 0.2) is 5.17 Å². The summed E-state index contributed by atoms with van der Waals surface area (Å²) in [5, 5.41) is 0.609. The Hall–Kier alpha value is -3.78. The van der Waals surface area contributed by atoms with E-state index in [-0.39, 0.29) is 5.91 Å².